The van der Waals surface area contributed by atoms with Gasteiger partial charge in [0.25, 0.3) is 0 Å². The van der Waals surface area contributed by atoms with E-state index in [1.54, 1.807) is 18.4 Å². The molecule has 2 N–H and O–H groups in total. The van der Waals surface area contributed by atoms with Gasteiger partial charge in [-0.15, -0.1) is 0 Å². The lowest BCUT2D eigenvalue weighted by Gasteiger charge is -2.19. The monoisotopic (exact) mass is 326 g/mol. The molecule has 0 saturated carbocycles. The van der Waals surface area contributed by atoms with Crippen LogP contribution < -0.4 is 10.6 Å². The highest BCUT2D eigenvalue weighted by Gasteiger charge is 2.07. The summed E-state index contributed by atoms with van der Waals surface area (Å²) in [7, 11) is 5.69. The van der Waals surface area contributed by atoms with Gasteiger partial charge < -0.3 is 20.3 Å². The van der Waals surface area contributed by atoms with Gasteiger partial charge in [0.2, 0.25) is 0 Å². The van der Waals surface area contributed by atoms with E-state index in [-0.39, 0.29) is 0 Å². The maximum Gasteiger partial charge on any atom is 0.191 e. The van der Waals surface area contributed by atoms with Crippen LogP contribution >= 0.6 is 11.3 Å². The van der Waals surface area contributed by atoms with Crippen LogP contribution in [0.4, 0.5) is 0 Å². The predicted molar refractivity (Wildman–Crippen MR) is 96.1 cm³/mol. The SMILES string of the molecule is CN=C(NCCN(C)CCCOC)NCC(C)c1ccsc1. The van der Waals surface area contributed by atoms with Gasteiger partial charge in [-0.05, 0) is 41.8 Å². The highest BCUT2D eigenvalue weighted by molar-refractivity contribution is 7.07. The molecule has 1 unspecified atom stereocenters. The van der Waals surface area contributed by atoms with Gasteiger partial charge in [0.05, 0.1) is 0 Å². The molecule has 0 amide bonds. The molecule has 5 nitrogen and oxygen atoms in total. The van der Waals surface area contributed by atoms with Crippen LogP contribution in [0.3, 0.4) is 0 Å². The number of thiophene rings is 1. The highest BCUT2D eigenvalue weighted by Crippen LogP contribution is 2.16. The Morgan fingerprint density at radius 1 is 1.41 bits per heavy atom. The van der Waals surface area contributed by atoms with Crippen LogP contribution in [0.5, 0.6) is 0 Å². The van der Waals surface area contributed by atoms with Crippen LogP contribution in [0.25, 0.3) is 0 Å². The van der Waals surface area contributed by atoms with Crippen molar-refractivity contribution in [3.63, 3.8) is 0 Å². The Hall–Kier alpha value is -1.11. The van der Waals surface area contributed by atoms with Crippen LogP contribution in [0.1, 0.15) is 24.8 Å². The zero-order valence-electron chi connectivity index (χ0n) is 14.3. The smallest absolute Gasteiger partial charge is 0.191 e. The standard InChI is InChI=1S/C16H30N4OS/c1-14(15-6-11-22-13-15)12-19-16(17-2)18-7-9-20(3)8-5-10-21-4/h6,11,13-14H,5,7-10,12H2,1-4H3,(H2,17,18,19). The lowest BCUT2D eigenvalue weighted by molar-refractivity contribution is 0.180. The van der Waals surface area contributed by atoms with Crippen LogP contribution in [0.2, 0.25) is 0 Å². The third-order valence-electron chi connectivity index (χ3n) is 3.59. The number of hydrogen-bond acceptors (Lipinski definition) is 4. The lowest BCUT2D eigenvalue weighted by Crippen LogP contribution is -2.42. The quantitative estimate of drug-likeness (QED) is 0.392. The summed E-state index contributed by atoms with van der Waals surface area (Å²) in [6, 6.07) is 2.18. The summed E-state index contributed by atoms with van der Waals surface area (Å²) >= 11 is 1.74. The number of aliphatic imine (C=N–C) groups is 1. The molecule has 0 bridgehead atoms. The second-order valence-electron chi connectivity index (χ2n) is 5.49. The summed E-state index contributed by atoms with van der Waals surface area (Å²) in [6.45, 7) is 6.87. The molecule has 1 atom stereocenters. The summed E-state index contributed by atoms with van der Waals surface area (Å²) in [4.78, 5) is 6.57. The number of ether oxygens (including phenoxy) is 1. The van der Waals surface area contributed by atoms with Crippen LogP contribution in [-0.2, 0) is 4.74 Å². The number of guanidine groups is 1. The zero-order valence-corrected chi connectivity index (χ0v) is 15.1. The number of likely N-dealkylation sites (N-methyl/N-ethyl adjacent to an activating group) is 1. The van der Waals surface area contributed by atoms with E-state index in [1.807, 2.05) is 7.05 Å². The van der Waals surface area contributed by atoms with Crippen molar-refractivity contribution in [2.45, 2.75) is 19.3 Å². The van der Waals surface area contributed by atoms with Crippen molar-refractivity contribution in [3.05, 3.63) is 22.4 Å². The number of nitrogens with zero attached hydrogens (tertiary/aromatic N) is 2. The van der Waals surface area contributed by atoms with Crippen molar-refractivity contribution in [3.8, 4) is 0 Å². The topological polar surface area (TPSA) is 48.9 Å². The van der Waals surface area contributed by atoms with Crippen molar-refractivity contribution in [2.75, 3.05) is 54.0 Å². The van der Waals surface area contributed by atoms with Gasteiger partial charge in [-0.1, -0.05) is 6.92 Å². The van der Waals surface area contributed by atoms with E-state index < -0.39 is 0 Å². The molecule has 0 aromatic carbocycles. The average molecular weight is 327 g/mol. The molecule has 0 fully saturated rings. The van der Waals surface area contributed by atoms with Crippen molar-refractivity contribution in [1.82, 2.24) is 15.5 Å². The molecule has 0 aliphatic rings. The molecule has 1 aromatic rings. The molecule has 6 heteroatoms. The van der Waals surface area contributed by atoms with E-state index in [0.29, 0.717) is 5.92 Å². The average Bonchev–Trinajstić information content (AvgIpc) is 3.05. The molecule has 1 rings (SSSR count). The maximum atomic E-state index is 5.07. The molecule has 0 spiro atoms. The van der Waals surface area contributed by atoms with Crippen molar-refractivity contribution in [2.24, 2.45) is 4.99 Å². The van der Waals surface area contributed by atoms with Gasteiger partial charge in [0.15, 0.2) is 5.96 Å². The van der Waals surface area contributed by atoms with E-state index in [0.717, 1.165) is 45.2 Å². The highest BCUT2D eigenvalue weighted by atomic mass is 32.1. The first kappa shape index (κ1) is 18.9. The molecule has 1 heterocycles. The first-order chi connectivity index (χ1) is 10.7. The van der Waals surface area contributed by atoms with Crippen LogP contribution in [0, 0.1) is 0 Å². The summed E-state index contributed by atoms with van der Waals surface area (Å²) in [6.07, 6.45) is 1.07. The van der Waals surface area contributed by atoms with Crippen molar-refractivity contribution in [1.29, 1.82) is 0 Å². The largest absolute Gasteiger partial charge is 0.385 e. The fourth-order valence-corrected chi connectivity index (χ4v) is 2.88. The molecule has 0 saturated heterocycles. The number of rotatable bonds is 10. The van der Waals surface area contributed by atoms with Crippen LogP contribution in [-0.4, -0.2) is 64.9 Å². The fourth-order valence-electron chi connectivity index (χ4n) is 2.10. The van der Waals surface area contributed by atoms with E-state index in [2.05, 4.69) is 51.3 Å². The summed E-state index contributed by atoms with van der Waals surface area (Å²) < 4.78 is 5.07. The summed E-state index contributed by atoms with van der Waals surface area (Å²) in [5.74, 6) is 1.36. The van der Waals surface area contributed by atoms with E-state index in [1.165, 1.54) is 5.56 Å². The number of hydrogen-bond donors (Lipinski definition) is 2. The fraction of sp³-hybridized carbons (Fsp3) is 0.688. The minimum Gasteiger partial charge on any atom is -0.385 e. The Bertz CT molecular complexity index is 408. The van der Waals surface area contributed by atoms with Gasteiger partial charge in [0.1, 0.15) is 0 Å². The Balaban J connectivity index is 2.17. The van der Waals surface area contributed by atoms with E-state index in [4.69, 9.17) is 4.74 Å². The van der Waals surface area contributed by atoms with Crippen LogP contribution in [0.15, 0.2) is 21.8 Å². The summed E-state index contributed by atoms with van der Waals surface area (Å²) in [5, 5.41) is 11.1. The number of methoxy groups -OCH3 is 1. The van der Waals surface area contributed by atoms with Gasteiger partial charge in [-0.25, -0.2) is 0 Å². The Kier molecular flexibility index (Phi) is 9.86. The molecule has 0 aliphatic heterocycles. The normalized spacial score (nSPS) is 13.4. The Labute approximate surface area is 138 Å². The second-order valence-corrected chi connectivity index (χ2v) is 6.27. The zero-order chi connectivity index (χ0) is 16.2. The predicted octanol–water partition coefficient (Wildman–Crippen LogP) is 1.98. The Morgan fingerprint density at radius 2 is 2.23 bits per heavy atom. The molecule has 0 aliphatic carbocycles. The minimum atomic E-state index is 0.488. The van der Waals surface area contributed by atoms with Crippen molar-refractivity contribution >= 4 is 17.3 Å². The van der Waals surface area contributed by atoms with E-state index >= 15 is 0 Å². The summed E-state index contributed by atoms with van der Waals surface area (Å²) in [5.41, 5.74) is 1.38. The molecule has 126 valence electrons. The van der Waals surface area contributed by atoms with Gasteiger partial charge in [-0.3, -0.25) is 4.99 Å². The molecule has 0 radical (unpaired) electrons. The lowest BCUT2D eigenvalue weighted by atomic mass is 10.1. The maximum absolute atomic E-state index is 5.07. The third-order valence-corrected chi connectivity index (χ3v) is 4.29. The number of nitrogens with one attached hydrogen (secondary N) is 2. The first-order valence-corrected chi connectivity index (χ1v) is 8.75. The second kappa shape index (κ2) is 11.5. The molecular weight excluding hydrogens is 296 g/mol. The van der Waals surface area contributed by atoms with Gasteiger partial charge in [0, 0.05) is 46.9 Å². The van der Waals surface area contributed by atoms with Gasteiger partial charge >= 0.3 is 0 Å². The van der Waals surface area contributed by atoms with Gasteiger partial charge in [-0.2, -0.15) is 11.3 Å². The third kappa shape index (κ3) is 7.77. The molecule has 22 heavy (non-hydrogen) atoms. The molecule has 1 aromatic heterocycles. The van der Waals surface area contributed by atoms with E-state index in [9.17, 15) is 0 Å². The molecular formula is C16H30N4OS. The first-order valence-electron chi connectivity index (χ1n) is 7.81. The van der Waals surface area contributed by atoms with Crippen molar-refractivity contribution < 1.29 is 4.74 Å². The Morgan fingerprint density at radius 3 is 2.86 bits per heavy atom. The minimum absolute atomic E-state index is 0.488.